The largest absolute Gasteiger partial charge is 0.357 e. The quantitative estimate of drug-likeness (QED) is 0.399. The van der Waals surface area contributed by atoms with Crippen molar-refractivity contribution in [3.63, 3.8) is 0 Å². The van der Waals surface area contributed by atoms with Crippen molar-refractivity contribution >= 4 is 35.1 Å². The topological polar surface area (TPSA) is 54.2 Å². The second-order valence-corrected chi connectivity index (χ2v) is 6.34. The molecule has 2 N–H and O–H groups in total. The first-order valence-electron chi connectivity index (χ1n) is 8.06. The van der Waals surface area contributed by atoms with Crippen LogP contribution in [0.4, 0.5) is 0 Å². The van der Waals surface area contributed by atoms with Crippen molar-refractivity contribution < 1.29 is 0 Å². The summed E-state index contributed by atoms with van der Waals surface area (Å²) in [6.45, 7) is 2.58. The predicted octanol–water partition coefficient (Wildman–Crippen LogP) is 3.83. The van der Waals surface area contributed by atoms with E-state index in [0.29, 0.717) is 16.8 Å². The predicted molar refractivity (Wildman–Crippen MR) is 110 cm³/mol. The molecule has 1 heterocycles. The molecule has 0 saturated heterocycles. The van der Waals surface area contributed by atoms with E-state index >= 15 is 0 Å². The zero-order chi connectivity index (χ0) is 18.4. The Labute approximate surface area is 162 Å². The van der Waals surface area contributed by atoms with Crippen LogP contribution >= 0.6 is 23.8 Å². The van der Waals surface area contributed by atoms with Crippen LogP contribution in [0.15, 0.2) is 65.8 Å². The fourth-order valence-electron chi connectivity index (χ4n) is 2.42. The van der Waals surface area contributed by atoms with Crippen molar-refractivity contribution in [3.05, 3.63) is 82.6 Å². The molecule has 3 rings (SSSR count). The molecule has 26 heavy (non-hydrogen) atoms. The lowest BCUT2D eigenvalue weighted by atomic mass is 10.2. The maximum atomic E-state index is 6.26. The van der Waals surface area contributed by atoms with E-state index in [2.05, 4.69) is 20.9 Å². The fourth-order valence-corrected chi connectivity index (χ4v) is 2.81. The number of hydrazone groups is 1. The van der Waals surface area contributed by atoms with Gasteiger partial charge in [0.2, 0.25) is 0 Å². The fraction of sp³-hybridized carbons (Fsp3) is 0.105. The van der Waals surface area contributed by atoms with Gasteiger partial charge in [-0.15, -0.1) is 0 Å². The molecule has 0 amide bonds. The first-order valence-corrected chi connectivity index (χ1v) is 8.85. The number of nitrogens with one attached hydrogen (secondary N) is 2. The molecule has 1 aromatic heterocycles. The molecule has 0 bridgehead atoms. The highest BCUT2D eigenvalue weighted by atomic mass is 35.5. The summed E-state index contributed by atoms with van der Waals surface area (Å²) in [5, 5.41) is 12.5. The summed E-state index contributed by atoms with van der Waals surface area (Å²) in [5.74, 6) is 0. The molecule has 0 fully saturated rings. The monoisotopic (exact) mass is 383 g/mol. The van der Waals surface area contributed by atoms with Gasteiger partial charge in [0.15, 0.2) is 10.3 Å². The third-order valence-corrected chi connectivity index (χ3v) is 4.29. The SMILES string of the molecule is Cc1c(/C=N\NC(=S)NCc2ccccc2)c(Cl)nn1-c1ccccc1. The van der Waals surface area contributed by atoms with Gasteiger partial charge in [-0.3, -0.25) is 5.43 Å². The molecule has 0 unspecified atom stereocenters. The van der Waals surface area contributed by atoms with Crippen LogP contribution in [0.2, 0.25) is 5.15 Å². The number of nitrogens with zero attached hydrogens (tertiary/aromatic N) is 3. The van der Waals surface area contributed by atoms with E-state index in [4.69, 9.17) is 23.8 Å². The van der Waals surface area contributed by atoms with Crippen LogP contribution in [0.1, 0.15) is 16.8 Å². The highest BCUT2D eigenvalue weighted by Crippen LogP contribution is 2.20. The van der Waals surface area contributed by atoms with Crippen LogP contribution in [0.3, 0.4) is 0 Å². The third-order valence-electron chi connectivity index (χ3n) is 3.77. The van der Waals surface area contributed by atoms with Crippen LogP contribution in [0.25, 0.3) is 5.69 Å². The van der Waals surface area contributed by atoms with Gasteiger partial charge in [-0.2, -0.15) is 10.2 Å². The van der Waals surface area contributed by atoms with Crippen molar-refractivity contribution in [2.24, 2.45) is 5.10 Å². The summed E-state index contributed by atoms with van der Waals surface area (Å²) in [4.78, 5) is 0. The van der Waals surface area contributed by atoms with E-state index in [9.17, 15) is 0 Å². The minimum absolute atomic E-state index is 0.389. The third kappa shape index (κ3) is 4.47. The highest BCUT2D eigenvalue weighted by molar-refractivity contribution is 7.80. The Kier molecular flexibility index (Phi) is 5.99. The average Bonchev–Trinajstić information content (AvgIpc) is 2.96. The summed E-state index contributed by atoms with van der Waals surface area (Å²) < 4.78 is 1.79. The molecule has 7 heteroatoms. The van der Waals surface area contributed by atoms with Crippen molar-refractivity contribution in [3.8, 4) is 5.69 Å². The molecule has 2 aromatic carbocycles. The van der Waals surface area contributed by atoms with Crippen molar-refractivity contribution in [2.75, 3.05) is 0 Å². The van der Waals surface area contributed by atoms with Gasteiger partial charge in [0, 0.05) is 6.54 Å². The summed E-state index contributed by atoms with van der Waals surface area (Å²) in [5.41, 5.74) is 6.53. The van der Waals surface area contributed by atoms with Crippen LogP contribution in [0, 0.1) is 6.92 Å². The van der Waals surface area contributed by atoms with Gasteiger partial charge in [0.05, 0.1) is 23.2 Å². The lowest BCUT2D eigenvalue weighted by molar-refractivity contribution is 0.847. The molecular weight excluding hydrogens is 366 g/mol. The van der Waals surface area contributed by atoms with E-state index in [1.807, 2.05) is 67.6 Å². The lowest BCUT2D eigenvalue weighted by Crippen LogP contribution is -2.31. The number of hydrogen-bond donors (Lipinski definition) is 2. The van der Waals surface area contributed by atoms with Crippen LogP contribution < -0.4 is 10.7 Å². The second-order valence-electron chi connectivity index (χ2n) is 5.58. The van der Waals surface area contributed by atoms with Crippen molar-refractivity contribution in [2.45, 2.75) is 13.5 Å². The van der Waals surface area contributed by atoms with E-state index in [0.717, 1.165) is 22.5 Å². The maximum absolute atomic E-state index is 6.26. The maximum Gasteiger partial charge on any atom is 0.187 e. The molecule has 132 valence electrons. The summed E-state index contributed by atoms with van der Waals surface area (Å²) in [6, 6.07) is 19.8. The Hall–Kier alpha value is -2.70. The second kappa shape index (κ2) is 8.60. The molecular formula is C19H18ClN5S. The summed E-state index contributed by atoms with van der Waals surface area (Å²) >= 11 is 11.5. The molecule has 0 aliphatic heterocycles. The smallest absolute Gasteiger partial charge is 0.187 e. The van der Waals surface area contributed by atoms with Gasteiger partial charge in [-0.25, -0.2) is 4.68 Å². The molecule has 5 nitrogen and oxygen atoms in total. The first kappa shape index (κ1) is 18.1. The zero-order valence-electron chi connectivity index (χ0n) is 14.2. The Balaban J connectivity index is 1.62. The van der Waals surface area contributed by atoms with E-state index < -0.39 is 0 Å². The van der Waals surface area contributed by atoms with Crippen LogP contribution in [-0.2, 0) is 6.54 Å². The Morgan fingerprint density at radius 2 is 1.81 bits per heavy atom. The molecule has 0 spiro atoms. The van der Waals surface area contributed by atoms with Crippen molar-refractivity contribution in [1.29, 1.82) is 0 Å². The number of rotatable bonds is 5. The molecule has 0 atom stereocenters. The minimum atomic E-state index is 0.389. The molecule has 0 aliphatic rings. The number of benzene rings is 2. The highest BCUT2D eigenvalue weighted by Gasteiger charge is 2.12. The zero-order valence-corrected chi connectivity index (χ0v) is 15.8. The summed E-state index contributed by atoms with van der Waals surface area (Å²) in [7, 11) is 0. The van der Waals surface area contributed by atoms with Gasteiger partial charge >= 0.3 is 0 Å². The number of halogens is 1. The first-order chi connectivity index (χ1) is 12.6. The Morgan fingerprint density at radius 1 is 1.15 bits per heavy atom. The van der Waals surface area contributed by atoms with Crippen LogP contribution in [0.5, 0.6) is 0 Å². The molecule has 0 saturated carbocycles. The van der Waals surface area contributed by atoms with E-state index in [1.165, 1.54) is 0 Å². The van der Waals surface area contributed by atoms with E-state index in [-0.39, 0.29) is 0 Å². The standard InChI is InChI=1S/C19H18ClN5S/c1-14-17(18(20)24-25(14)16-10-6-3-7-11-16)13-22-23-19(26)21-12-15-8-4-2-5-9-15/h2-11,13H,12H2,1H3,(H2,21,23,26)/b22-13-. The number of aromatic nitrogens is 2. The average molecular weight is 384 g/mol. The normalized spacial score (nSPS) is 10.8. The van der Waals surface area contributed by atoms with Gasteiger partial charge in [-0.05, 0) is 36.8 Å². The van der Waals surface area contributed by atoms with Crippen molar-refractivity contribution in [1.82, 2.24) is 20.5 Å². The van der Waals surface area contributed by atoms with Gasteiger partial charge in [0.1, 0.15) is 0 Å². The van der Waals surface area contributed by atoms with E-state index in [1.54, 1.807) is 10.9 Å². The molecule has 0 radical (unpaired) electrons. The molecule has 3 aromatic rings. The Morgan fingerprint density at radius 3 is 2.50 bits per heavy atom. The lowest BCUT2D eigenvalue weighted by Gasteiger charge is -2.06. The Bertz CT molecular complexity index is 906. The minimum Gasteiger partial charge on any atom is -0.357 e. The van der Waals surface area contributed by atoms with Gasteiger partial charge in [-0.1, -0.05) is 60.1 Å². The number of thiocarbonyl (C=S) groups is 1. The van der Waals surface area contributed by atoms with Gasteiger partial charge < -0.3 is 5.32 Å². The van der Waals surface area contributed by atoms with Crippen LogP contribution in [-0.4, -0.2) is 21.1 Å². The number of para-hydroxylation sites is 1. The molecule has 0 aliphatic carbocycles. The number of hydrogen-bond acceptors (Lipinski definition) is 3. The summed E-state index contributed by atoms with van der Waals surface area (Å²) in [6.07, 6.45) is 1.63. The van der Waals surface area contributed by atoms with Gasteiger partial charge in [0.25, 0.3) is 0 Å².